The fourth-order valence-corrected chi connectivity index (χ4v) is 8.73. The van der Waals surface area contributed by atoms with E-state index in [0.717, 1.165) is 83.5 Å². The van der Waals surface area contributed by atoms with Crippen LogP contribution >= 0.6 is 7.82 Å². The Bertz CT molecular complexity index is 1640. The smallest absolute Gasteiger partial charge is 0.462 e. The number of hydrogen-bond donors (Lipinski definition) is 2. The first kappa shape index (κ1) is 72.4. The second-order valence-electron chi connectivity index (χ2n) is 19.8. The van der Waals surface area contributed by atoms with Gasteiger partial charge in [-0.05, 0) is 89.9 Å². The lowest BCUT2D eigenvalue weighted by atomic mass is 10.1. The van der Waals surface area contributed by atoms with Crippen molar-refractivity contribution in [2.24, 2.45) is 0 Å². The van der Waals surface area contributed by atoms with E-state index >= 15 is 0 Å². The summed E-state index contributed by atoms with van der Waals surface area (Å²) in [5, 5.41) is 9.83. The molecule has 3 unspecified atom stereocenters. The van der Waals surface area contributed by atoms with Crippen molar-refractivity contribution in [3.05, 3.63) is 97.2 Å². The quantitative estimate of drug-likeness (QED) is 0.0197. The maximum absolute atomic E-state index is 12.9. The minimum atomic E-state index is -4.77. The van der Waals surface area contributed by atoms with Crippen molar-refractivity contribution >= 4 is 25.7 Å². The molecule has 12 heteroatoms. The average Bonchev–Trinajstić information content (AvgIpc) is 3.41. The topological polar surface area (TPSA) is 155 Å². The van der Waals surface area contributed by atoms with E-state index in [2.05, 4.69) is 106 Å². The van der Waals surface area contributed by atoms with Crippen LogP contribution in [0.15, 0.2) is 97.2 Å². The van der Waals surface area contributed by atoms with E-state index in [0.29, 0.717) is 25.7 Å². The number of allylic oxidation sites excluding steroid dienone is 16. The molecular formula is C64H109O11P. The molecule has 0 saturated heterocycles. The molecule has 76 heavy (non-hydrogen) atoms. The summed E-state index contributed by atoms with van der Waals surface area (Å²) in [5.74, 6) is -1.57. The molecule has 0 amide bonds. The van der Waals surface area contributed by atoms with Crippen LogP contribution in [0.2, 0.25) is 0 Å². The number of unbranched alkanes of at least 4 members (excludes halogenated alkanes) is 22. The number of esters is 3. The van der Waals surface area contributed by atoms with E-state index in [9.17, 15) is 28.9 Å². The number of carbonyl (C=O) groups excluding carboxylic acids is 3. The monoisotopic (exact) mass is 1080 g/mol. The molecule has 11 nitrogen and oxygen atoms in total. The molecule has 0 heterocycles. The van der Waals surface area contributed by atoms with Crippen molar-refractivity contribution < 1.29 is 52.2 Å². The molecule has 0 rings (SSSR count). The van der Waals surface area contributed by atoms with E-state index in [-0.39, 0.29) is 25.9 Å². The van der Waals surface area contributed by atoms with Gasteiger partial charge in [-0.3, -0.25) is 23.4 Å². The summed E-state index contributed by atoms with van der Waals surface area (Å²) < 4.78 is 39.5. The van der Waals surface area contributed by atoms with Gasteiger partial charge in [0, 0.05) is 19.3 Å². The van der Waals surface area contributed by atoms with Crippen LogP contribution in [-0.2, 0) is 42.2 Å². The van der Waals surface area contributed by atoms with Gasteiger partial charge in [0.15, 0.2) is 6.10 Å². The fourth-order valence-electron chi connectivity index (χ4n) is 7.94. The Hall–Kier alpha value is -3.60. The largest absolute Gasteiger partial charge is 0.472 e. The van der Waals surface area contributed by atoms with E-state index in [1.165, 1.54) is 103 Å². The van der Waals surface area contributed by atoms with E-state index in [1.807, 2.05) is 12.2 Å². The predicted molar refractivity (Wildman–Crippen MR) is 316 cm³/mol. The molecule has 0 saturated carbocycles. The number of ether oxygens (including phenoxy) is 3. The van der Waals surface area contributed by atoms with Crippen LogP contribution in [0.3, 0.4) is 0 Å². The molecule has 0 aliphatic carbocycles. The molecule has 436 valence electrons. The Kier molecular flexibility index (Phi) is 54.8. The molecule has 0 spiro atoms. The second-order valence-corrected chi connectivity index (χ2v) is 21.2. The number of phosphoric acid groups is 1. The third kappa shape index (κ3) is 55.2. The van der Waals surface area contributed by atoms with Gasteiger partial charge in [0.1, 0.15) is 12.7 Å². The lowest BCUT2D eigenvalue weighted by Gasteiger charge is -2.21. The number of carbonyl (C=O) groups is 3. The van der Waals surface area contributed by atoms with Gasteiger partial charge in [-0.25, -0.2) is 4.57 Å². The van der Waals surface area contributed by atoms with Crippen molar-refractivity contribution in [3.63, 3.8) is 0 Å². The summed E-state index contributed by atoms with van der Waals surface area (Å²) in [7, 11) is -4.77. The number of phosphoric ester groups is 1. The van der Waals surface area contributed by atoms with Crippen molar-refractivity contribution in [2.45, 2.75) is 264 Å². The normalized spacial score (nSPS) is 14.0. The second kappa shape index (κ2) is 57.6. The summed E-state index contributed by atoms with van der Waals surface area (Å²) >= 11 is 0. The van der Waals surface area contributed by atoms with Gasteiger partial charge in [-0.15, -0.1) is 0 Å². The first-order valence-electron chi connectivity index (χ1n) is 30.1. The van der Waals surface area contributed by atoms with Crippen LogP contribution in [-0.4, -0.2) is 66.5 Å². The first-order chi connectivity index (χ1) is 37.2. The van der Waals surface area contributed by atoms with Gasteiger partial charge in [-0.2, -0.15) is 0 Å². The van der Waals surface area contributed by atoms with Gasteiger partial charge in [-0.1, -0.05) is 240 Å². The number of rotatable bonds is 55. The van der Waals surface area contributed by atoms with Crippen molar-refractivity contribution in [3.8, 4) is 0 Å². The summed E-state index contributed by atoms with van der Waals surface area (Å²) in [5.41, 5.74) is 0. The molecule has 0 radical (unpaired) electrons. The highest BCUT2D eigenvalue weighted by Crippen LogP contribution is 2.43. The molecule has 2 N–H and O–H groups in total. The molecule has 0 aromatic carbocycles. The highest BCUT2D eigenvalue weighted by molar-refractivity contribution is 7.47. The Balaban J connectivity index is 4.74. The molecule has 0 aromatic rings. The van der Waals surface area contributed by atoms with E-state index in [4.69, 9.17) is 23.3 Å². The zero-order chi connectivity index (χ0) is 55.5. The van der Waals surface area contributed by atoms with Crippen molar-refractivity contribution in [2.75, 3.05) is 26.4 Å². The first-order valence-corrected chi connectivity index (χ1v) is 31.6. The van der Waals surface area contributed by atoms with E-state index < -0.39 is 57.8 Å². The maximum Gasteiger partial charge on any atom is 0.472 e. The highest BCUT2D eigenvalue weighted by atomic mass is 31.2. The summed E-state index contributed by atoms with van der Waals surface area (Å²) in [6, 6.07) is 0. The van der Waals surface area contributed by atoms with Gasteiger partial charge in [0.05, 0.1) is 19.8 Å². The zero-order valence-electron chi connectivity index (χ0n) is 48.2. The van der Waals surface area contributed by atoms with Crippen molar-refractivity contribution in [1.29, 1.82) is 0 Å². The summed E-state index contributed by atoms with van der Waals surface area (Å²) in [4.78, 5) is 48.5. The van der Waals surface area contributed by atoms with Crippen LogP contribution < -0.4 is 0 Å². The SMILES string of the molecule is CC/C=C\C/C=C\C/C=C\C/C=C\C/C=C\C/C=C\CCC(=O)OC(COC(=O)CCCCCCCCCCCCC)COP(=O)(O)OCC(CO)OC(=O)CCCCCCCCCCC/C=C\C/C=C\CCCCC. The van der Waals surface area contributed by atoms with Crippen LogP contribution in [0.1, 0.15) is 252 Å². The minimum absolute atomic E-state index is 0.0404. The molecular weight excluding hydrogens is 976 g/mol. The molecule has 0 aliphatic rings. The summed E-state index contributed by atoms with van der Waals surface area (Å²) in [6.45, 7) is 4.42. The van der Waals surface area contributed by atoms with Gasteiger partial charge >= 0.3 is 25.7 Å². The standard InChI is InChI=1S/C64H109O11P/c1-4-7-10-13-16-19-22-24-26-28-30-32-34-36-39-42-45-48-51-54-63(67)74-60(56-65)58-72-76(69,70)73-59-61(57-71-62(66)53-50-47-44-41-38-21-18-15-12-9-6-3)75-64(68)55-52-49-46-43-40-37-35-33-31-29-27-25-23-20-17-14-11-8-5-2/h8,11,16-17,19-20,24-27,31,33,37,40,46,49,60-61,65H,4-7,9-10,12-15,18,21-23,28-30,32,34-36,38-39,41-45,47-48,50-59H2,1-3H3,(H,69,70)/b11-8-,19-16-,20-17-,26-24-,27-25-,33-31-,40-37-,49-46-. The van der Waals surface area contributed by atoms with Crippen molar-refractivity contribution in [1.82, 2.24) is 0 Å². The number of aliphatic hydroxyl groups excluding tert-OH is 1. The minimum Gasteiger partial charge on any atom is -0.462 e. The highest BCUT2D eigenvalue weighted by Gasteiger charge is 2.28. The van der Waals surface area contributed by atoms with Gasteiger partial charge in [0.25, 0.3) is 0 Å². The molecule has 0 aliphatic heterocycles. The molecule has 0 aromatic heterocycles. The number of aliphatic hydroxyl groups is 1. The zero-order valence-corrected chi connectivity index (χ0v) is 49.1. The Morgan fingerprint density at radius 2 is 0.711 bits per heavy atom. The van der Waals surface area contributed by atoms with Crippen LogP contribution in [0.4, 0.5) is 0 Å². The van der Waals surface area contributed by atoms with Gasteiger partial charge < -0.3 is 24.2 Å². The lowest BCUT2D eigenvalue weighted by molar-refractivity contribution is -0.161. The molecule has 3 atom stereocenters. The molecule has 0 fully saturated rings. The van der Waals surface area contributed by atoms with E-state index in [1.54, 1.807) is 0 Å². The van der Waals surface area contributed by atoms with Gasteiger partial charge in [0.2, 0.25) is 0 Å². The fraction of sp³-hybridized carbons (Fsp3) is 0.703. The molecule has 0 bridgehead atoms. The average molecular weight is 1090 g/mol. The maximum atomic E-state index is 12.9. The summed E-state index contributed by atoms with van der Waals surface area (Å²) in [6.07, 6.45) is 68.1. The number of hydrogen-bond acceptors (Lipinski definition) is 10. The third-order valence-electron chi connectivity index (χ3n) is 12.5. The van der Waals surface area contributed by atoms with Crippen LogP contribution in [0, 0.1) is 0 Å². The van der Waals surface area contributed by atoms with Crippen LogP contribution in [0.5, 0.6) is 0 Å². The Labute approximate surface area is 463 Å². The Morgan fingerprint density at radius 1 is 0.382 bits per heavy atom. The third-order valence-corrected chi connectivity index (χ3v) is 13.5. The predicted octanol–water partition coefficient (Wildman–Crippen LogP) is 18.0. The van der Waals surface area contributed by atoms with Crippen LogP contribution in [0.25, 0.3) is 0 Å². The lowest BCUT2D eigenvalue weighted by Crippen LogP contribution is -2.30. The Morgan fingerprint density at radius 3 is 1.16 bits per heavy atom.